The van der Waals surface area contributed by atoms with Gasteiger partial charge in [-0.05, 0) is 35.7 Å². The summed E-state index contributed by atoms with van der Waals surface area (Å²) >= 11 is 5.90. The van der Waals surface area contributed by atoms with Crippen LogP contribution in [-0.2, 0) is 6.42 Å². The van der Waals surface area contributed by atoms with Crippen molar-refractivity contribution in [3.63, 3.8) is 0 Å². The minimum absolute atomic E-state index is 0.197. The number of methoxy groups -OCH3 is 1. The Hall–Kier alpha value is -1.45. The molecule has 17 heavy (non-hydrogen) atoms. The molecule has 0 radical (unpaired) electrons. The molecular weight excluding hydrogens is 238 g/mol. The lowest BCUT2D eigenvalue weighted by Crippen LogP contribution is -2.13. The van der Waals surface area contributed by atoms with Crippen molar-refractivity contribution in [3.8, 4) is 5.75 Å². The Morgan fingerprint density at radius 2 is 2.12 bits per heavy atom. The highest BCUT2D eigenvalue weighted by Gasteiger charge is 2.15. The van der Waals surface area contributed by atoms with Gasteiger partial charge in [0, 0.05) is 11.6 Å². The number of para-hydroxylation sites is 1. The third kappa shape index (κ3) is 2.62. The maximum atomic E-state index is 6.10. The predicted octanol–water partition coefficient (Wildman–Crippen LogP) is 3.18. The third-order valence-corrected chi connectivity index (χ3v) is 2.99. The molecule has 0 amide bonds. The third-order valence-electron chi connectivity index (χ3n) is 2.68. The van der Waals surface area contributed by atoms with Gasteiger partial charge in [0.2, 0.25) is 0 Å². The molecule has 0 aliphatic carbocycles. The minimum Gasteiger partial charge on any atom is -0.496 e. The van der Waals surface area contributed by atoms with Crippen molar-refractivity contribution >= 4 is 11.6 Å². The van der Waals surface area contributed by atoms with Crippen LogP contribution in [0.25, 0.3) is 0 Å². The normalized spacial score (nSPS) is 12.4. The first-order valence-corrected chi connectivity index (χ1v) is 5.70. The fraction of sp³-hybridized carbons (Fsp3) is 0.231. The summed E-state index contributed by atoms with van der Waals surface area (Å²) in [6.45, 7) is 0. The summed E-state index contributed by atoms with van der Waals surface area (Å²) < 4.78 is 10.3. The zero-order chi connectivity index (χ0) is 12.3. The molecular formula is C13H14ClNO2. The van der Waals surface area contributed by atoms with Crippen LogP contribution in [0.4, 0.5) is 0 Å². The highest BCUT2D eigenvalue weighted by atomic mass is 35.5. The Bertz CT molecular complexity index is 496. The van der Waals surface area contributed by atoms with E-state index in [0.29, 0.717) is 11.6 Å². The molecule has 3 nitrogen and oxygen atoms in total. The van der Waals surface area contributed by atoms with Crippen molar-refractivity contribution in [3.05, 3.63) is 52.9 Å². The first-order valence-electron chi connectivity index (χ1n) is 5.32. The quantitative estimate of drug-likeness (QED) is 0.908. The number of furan rings is 1. The Labute approximate surface area is 105 Å². The lowest BCUT2D eigenvalue weighted by atomic mass is 10.0. The lowest BCUT2D eigenvalue weighted by Gasteiger charge is -2.13. The summed E-state index contributed by atoms with van der Waals surface area (Å²) in [5, 5.41) is 0.354. The van der Waals surface area contributed by atoms with Crippen molar-refractivity contribution in [2.45, 2.75) is 12.5 Å². The molecule has 1 aromatic carbocycles. The van der Waals surface area contributed by atoms with E-state index in [1.54, 1.807) is 19.4 Å². The molecule has 1 heterocycles. The molecule has 4 heteroatoms. The lowest BCUT2D eigenvalue weighted by molar-refractivity contribution is 0.408. The van der Waals surface area contributed by atoms with Crippen molar-refractivity contribution in [1.82, 2.24) is 0 Å². The fourth-order valence-electron chi connectivity index (χ4n) is 1.79. The minimum atomic E-state index is -0.197. The Morgan fingerprint density at radius 1 is 1.35 bits per heavy atom. The highest BCUT2D eigenvalue weighted by molar-refractivity contribution is 6.29. The number of benzene rings is 1. The largest absolute Gasteiger partial charge is 0.496 e. The molecule has 1 atom stereocenters. The van der Waals surface area contributed by atoms with Gasteiger partial charge in [-0.2, -0.15) is 0 Å². The van der Waals surface area contributed by atoms with Crippen LogP contribution in [0.2, 0.25) is 5.22 Å². The van der Waals surface area contributed by atoms with E-state index in [9.17, 15) is 0 Å². The van der Waals surface area contributed by atoms with Gasteiger partial charge in [0.1, 0.15) is 5.75 Å². The van der Waals surface area contributed by atoms with E-state index in [2.05, 4.69) is 0 Å². The second-order valence-electron chi connectivity index (χ2n) is 3.77. The number of rotatable bonds is 4. The average Bonchev–Trinajstić information content (AvgIpc) is 2.76. The van der Waals surface area contributed by atoms with Crippen molar-refractivity contribution in [2.24, 2.45) is 5.73 Å². The van der Waals surface area contributed by atoms with Gasteiger partial charge < -0.3 is 14.9 Å². The molecule has 2 N–H and O–H groups in total. The molecule has 2 rings (SSSR count). The van der Waals surface area contributed by atoms with Crippen molar-refractivity contribution in [2.75, 3.05) is 7.11 Å². The number of halogens is 1. The van der Waals surface area contributed by atoms with Gasteiger partial charge in [-0.15, -0.1) is 0 Å². The van der Waals surface area contributed by atoms with Gasteiger partial charge in [0.15, 0.2) is 5.22 Å². The van der Waals surface area contributed by atoms with E-state index in [4.69, 9.17) is 26.5 Å². The molecule has 0 aliphatic heterocycles. The number of nitrogens with two attached hydrogens (primary N) is 1. The van der Waals surface area contributed by atoms with E-state index >= 15 is 0 Å². The fourth-order valence-corrected chi connectivity index (χ4v) is 2.04. The van der Waals surface area contributed by atoms with Crippen LogP contribution in [0.15, 0.2) is 41.0 Å². The van der Waals surface area contributed by atoms with Gasteiger partial charge >= 0.3 is 0 Å². The van der Waals surface area contributed by atoms with Crippen molar-refractivity contribution < 1.29 is 9.15 Å². The maximum absolute atomic E-state index is 6.10. The van der Waals surface area contributed by atoms with Gasteiger partial charge in [-0.1, -0.05) is 18.2 Å². The van der Waals surface area contributed by atoms with Crippen LogP contribution in [0.5, 0.6) is 5.75 Å². The molecule has 0 saturated heterocycles. The second-order valence-corrected chi connectivity index (χ2v) is 4.12. The van der Waals surface area contributed by atoms with Gasteiger partial charge in [-0.3, -0.25) is 0 Å². The van der Waals surface area contributed by atoms with E-state index in [-0.39, 0.29) is 6.04 Å². The van der Waals surface area contributed by atoms with Crippen LogP contribution in [0.3, 0.4) is 0 Å². The molecule has 1 aromatic heterocycles. The summed E-state index contributed by atoms with van der Waals surface area (Å²) in [7, 11) is 1.65. The average molecular weight is 252 g/mol. The van der Waals surface area contributed by atoms with E-state index in [1.165, 1.54) is 0 Å². The Morgan fingerprint density at radius 3 is 2.76 bits per heavy atom. The molecule has 1 unspecified atom stereocenters. The van der Waals surface area contributed by atoms with Crippen LogP contribution < -0.4 is 10.5 Å². The molecule has 2 aromatic rings. The monoisotopic (exact) mass is 251 g/mol. The number of hydrogen-bond donors (Lipinski definition) is 1. The Kier molecular flexibility index (Phi) is 3.71. The summed E-state index contributed by atoms with van der Waals surface area (Å²) in [6.07, 6.45) is 2.20. The van der Waals surface area contributed by atoms with Crippen molar-refractivity contribution in [1.29, 1.82) is 0 Å². The van der Waals surface area contributed by atoms with Gasteiger partial charge in [0.25, 0.3) is 0 Å². The maximum Gasteiger partial charge on any atom is 0.197 e. The van der Waals surface area contributed by atoms with Crippen LogP contribution in [-0.4, -0.2) is 7.11 Å². The summed E-state index contributed by atoms with van der Waals surface area (Å²) in [5.41, 5.74) is 7.97. The molecule has 0 fully saturated rings. The molecule has 90 valence electrons. The summed E-state index contributed by atoms with van der Waals surface area (Å²) in [5.74, 6) is 0.836. The SMILES string of the molecule is COc1ccccc1CC(N)c1ccoc1Cl. The first-order chi connectivity index (χ1) is 8.22. The second kappa shape index (κ2) is 5.25. The van der Waals surface area contributed by atoms with E-state index < -0.39 is 0 Å². The van der Waals surface area contributed by atoms with E-state index in [1.807, 2.05) is 24.3 Å². The van der Waals surface area contributed by atoms with Crippen LogP contribution in [0, 0.1) is 0 Å². The predicted molar refractivity (Wildman–Crippen MR) is 67.3 cm³/mol. The summed E-state index contributed by atoms with van der Waals surface area (Å²) in [4.78, 5) is 0. The molecule has 0 aliphatic rings. The highest BCUT2D eigenvalue weighted by Crippen LogP contribution is 2.28. The Balaban J connectivity index is 2.18. The van der Waals surface area contributed by atoms with Gasteiger partial charge in [-0.25, -0.2) is 0 Å². The first kappa shape index (κ1) is 12.0. The smallest absolute Gasteiger partial charge is 0.197 e. The topological polar surface area (TPSA) is 48.4 Å². The summed E-state index contributed by atoms with van der Waals surface area (Å²) in [6, 6.07) is 9.39. The van der Waals surface area contributed by atoms with Crippen LogP contribution in [0.1, 0.15) is 17.2 Å². The van der Waals surface area contributed by atoms with Crippen LogP contribution >= 0.6 is 11.6 Å². The number of ether oxygens (including phenoxy) is 1. The zero-order valence-corrected chi connectivity index (χ0v) is 10.3. The zero-order valence-electron chi connectivity index (χ0n) is 9.52. The molecule has 0 saturated carbocycles. The number of hydrogen-bond acceptors (Lipinski definition) is 3. The molecule has 0 bridgehead atoms. The van der Waals surface area contributed by atoms with E-state index in [0.717, 1.165) is 16.9 Å². The molecule has 0 spiro atoms. The standard InChI is InChI=1S/C13H14ClNO2/c1-16-12-5-3-2-4-9(12)8-11(15)10-6-7-17-13(10)14/h2-7,11H,8,15H2,1H3. The van der Waals surface area contributed by atoms with Gasteiger partial charge in [0.05, 0.1) is 13.4 Å².